The van der Waals surface area contributed by atoms with Crippen molar-refractivity contribution in [2.45, 2.75) is 13.0 Å². The molecule has 1 fully saturated rings. The Morgan fingerprint density at radius 2 is 2.17 bits per heavy atom. The van der Waals surface area contributed by atoms with Crippen molar-refractivity contribution in [1.82, 2.24) is 4.31 Å². The first-order chi connectivity index (χ1) is 8.40. The van der Waals surface area contributed by atoms with Crippen molar-refractivity contribution in [3.05, 3.63) is 38.9 Å². The van der Waals surface area contributed by atoms with Gasteiger partial charge >= 0.3 is 0 Å². The second-order valence-corrected chi connectivity index (χ2v) is 6.54. The van der Waals surface area contributed by atoms with Gasteiger partial charge < -0.3 is 0 Å². The molecule has 8 heteroatoms. The van der Waals surface area contributed by atoms with E-state index in [2.05, 4.69) is 0 Å². The van der Waals surface area contributed by atoms with E-state index in [-0.39, 0.29) is 23.0 Å². The van der Waals surface area contributed by atoms with Crippen LogP contribution in [0.5, 0.6) is 0 Å². The summed E-state index contributed by atoms with van der Waals surface area (Å²) in [6.07, 6.45) is 0.595. The minimum absolute atomic E-state index is 0.0491. The molecule has 0 radical (unpaired) electrons. The van der Waals surface area contributed by atoms with Crippen LogP contribution in [0.3, 0.4) is 0 Å². The Bertz CT molecular complexity index is 588. The highest BCUT2D eigenvalue weighted by Gasteiger charge is 2.28. The van der Waals surface area contributed by atoms with Crippen LogP contribution in [0.1, 0.15) is 12.0 Å². The van der Waals surface area contributed by atoms with Crippen LogP contribution in [-0.2, 0) is 16.6 Å². The largest absolute Gasteiger partial charge is 0.288 e. The van der Waals surface area contributed by atoms with Gasteiger partial charge in [-0.05, 0) is 18.1 Å². The normalized spacial score (nSPS) is 18.9. The molecule has 0 aliphatic carbocycles. The zero-order valence-corrected chi connectivity index (χ0v) is 10.9. The van der Waals surface area contributed by atoms with E-state index in [1.54, 1.807) is 6.07 Å². The van der Waals surface area contributed by atoms with E-state index >= 15 is 0 Å². The summed E-state index contributed by atoms with van der Waals surface area (Å²) in [7, 11) is -3.20. The smallest absolute Gasteiger partial charge is 0.258 e. The topological polar surface area (TPSA) is 80.5 Å². The zero-order valence-electron chi connectivity index (χ0n) is 9.37. The average molecular weight is 291 g/mol. The number of sulfonamides is 1. The number of hydrogen-bond acceptors (Lipinski definition) is 4. The first-order valence-corrected chi connectivity index (χ1v) is 7.29. The maximum atomic E-state index is 11.6. The number of nitro benzene ring substituents is 1. The van der Waals surface area contributed by atoms with Crippen LogP contribution >= 0.6 is 11.6 Å². The van der Waals surface area contributed by atoms with Gasteiger partial charge in [0.2, 0.25) is 10.0 Å². The number of benzene rings is 1. The minimum Gasteiger partial charge on any atom is -0.258 e. The first-order valence-electron chi connectivity index (χ1n) is 5.31. The zero-order chi connectivity index (χ0) is 13.3. The first kappa shape index (κ1) is 13.3. The maximum Gasteiger partial charge on any atom is 0.288 e. The van der Waals surface area contributed by atoms with Gasteiger partial charge in [0, 0.05) is 19.2 Å². The van der Waals surface area contributed by atoms with Gasteiger partial charge in [-0.25, -0.2) is 8.42 Å². The van der Waals surface area contributed by atoms with Crippen molar-refractivity contribution in [3.63, 3.8) is 0 Å². The van der Waals surface area contributed by atoms with E-state index in [0.717, 1.165) is 0 Å². The second-order valence-electron chi connectivity index (χ2n) is 4.05. The molecule has 1 heterocycles. The Kier molecular flexibility index (Phi) is 3.56. The molecule has 0 spiro atoms. The summed E-state index contributed by atoms with van der Waals surface area (Å²) in [6, 6.07) is 4.33. The maximum absolute atomic E-state index is 11.6. The Morgan fingerprint density at radius 1 is 1.44 bits per heavy atom. The molecule has 0 amide bonds. The number of halogens is 1. The van der Waals surface area contributed by atoms with Gasteiger partial charge in [0.05, 0.1) is 10.7 Å². The van der Waals surface area contributed by atoms with Crippen molar-refractivity contribution in [1.29, 1.82) is 0 Å². The molecule has 0 bridgehead atoms. The number of hydrogen-bond donors (Lipinski definition) is 0. The van der Waals surface area contributed by atoms with E-state index in [1.807, 2.05) is 0 Å². The Hall–Kier alpha value is -1.18. The molecule has 0 aromatic heterocycles. The fourth-order valence-electron chi connectivity index (χ4n) is 1.87. The molecule has 0 N–H and O–H groups in total. The molecule has 1 saturated heterocycles. The fourth-order valence-corrected chi connectivity index (χ4v) is 3.56. The Balaban J connectivity index is 2.25. The van der Waals surface area contributed by atoms with Gasteiger partial charge in [-0.1, -0.05) is 17.7 Å². The molecule has 1 aromatic rings. The molecule has 0 atom stereocenters. The van der Waals surface area contributed by atoms with E-state index in [9.17, 15) is 18.5 Å². The van der Waals surface area contributed by atoms with Gasteiger partial charge in [-0.2, -0.15) is 4.31 Å². The minimum atomic E-state index is -3.20. The summed E-state index contributed by atoms with van der Waals surface area (Å²) in [6.45, 7) is 0.610. The van der Waals surface area contributed by atoms with Crippen molar-refractivity contribution in [2.24, 2.45) is 0 Å². The summed E-state index contributed by atoms with van der Waals surface area (Å²) in [5.41, 5.74) is 0.363. The van der Waals surface area contributed by atoms with Crippen LogP contribution in [0.15, 0.2) is 18.2 Å². The Labute approximate surface area is 109 Å². The summed E-state index contributed by atoms with van der Waals surface area (Å²) in [5.74, 6) is 0.142. The fraction of sp³-hybridized carbons (Fsp3) is 0.400. The van der Waals surface area contributed by atoms with Gasteiger partial charge in [0.25, 0.3) is 5.69 Å². The summed E-state index contributed by atoms with van der Waals surface area (Å²) in [5, 5.41) is 10.8. The lowest BCUT2D eigenvalue weighted by Gasteiger charge is -2.14. The lowest BCUT2D eigenvalue weighted by Crippen LogP contribution is -2.25. The van der Waals surface area contributed by atoms with Gasteiger partial charge in [-0.15, -0.1) is 0 Å². The highest BCUT2D eigenvalue weighted by atomic mass is 35.5. The van der Waals surface area contributed by atoms with Crippen LogP contribution in [0.25, 0.3) is 0 Å². The van der Waals surface area contributed by atoms with Crippen molar-refractivity contribution >= 4 is 27.3 Å². The number of nitro groups is 1. The lowest BCUT2D eigenvalue weighted by molar-refractivity contribution is -0.384. The van der Waals surface area contributed by atoms with Crippen molar-refractivity contribution < 1.29 is 13.3 Å². The highest BCUT2D eigenvalue weighted by Crippen LogP contribution is 2.26. The molecule has 1 aromatic carbocycles. The van der Waals surface area contributed by atoms with E-state index in [0.29, 0.717) is 18.5 Å². The Morgan fingerprint density at radius 3 is 2.72 bits per heavy atom. The molecule has 0 unspecified atom stereocenters. The monoisotopic (exact) mass is 290 g/mol. The molecule has 1 aliphatic heterocycles. The van der Waals surface area contributed by atoms with Crippen molar-refractivity contribution in [2.75, 3.05) is 12.3 Å². The summed E-state index contributed by atoms with van der Waals surface area (Å²) < 4.78 is 24.6. The van der Waals surface area contributed by atoms with Crippen LogP contribution in [0, 0.1) is 10.1 Å². The van der Waals surface area contributed by atoms with E-state index in [1.165, 1.54) is 16.4 Å². The van der Waals surface area contributed by atoms with E-state index in [4.69, 9.17) is 11.6 Å². The quantitative estimate of drug-likeness (QED) is 0.628. The number of nitrogens with zero attached hydrogens (tertiary/aromatic N) is 2. The van der Waals surface area contributed by atoms with Gasteiger partial charge in [0.1, 0.15) is 5.02 Å². The molecule has 0 saturated carbocycles. The second kappa shape index (κ2) is 4.83. The van der Waals surface area contributed by atoms with Gasteiger partial charge in [-0.3, -0.25) is 10.1 Å². The standard InChI is InChI=1S/C10H11ClN2O4S/c11-9-3-2-8(6-10(9)13(14)15)7-12-4-1-5-18(12,16)17/h2-3,6H,1,4-5,7H2. The van der Waals surface area contributed by atoms with Crippen LogP contribution in [0.2, 0.25) is 5.02 Å². The van der Waals surface area contributed by atoms with Crippen molar-refractivity contribution in [3.8, 4) is 0 Å². The van der Waals surface area contributed by atoms with Crippen LogP contribution < -0.4 is 0 Å². The molecule has 98 valence electrons. The highest BCUT2D eigenvalue weighted by molar-refractivity contribution is 7.89. The lowest BCUT2D eigenvalue weighted by atomic mass is 10.2. The third-order valence-corrected chi connectivity index (χ3v) is 4.99. The van der Waals surface area contributed by atoms with E-state index < -0.39 is 14.9 Å². The number of rotatable bonds is 3. The molecular weight excluding hydrogens is 280 g/mol. The molecular formula is C10H11ClN2O4S. The third-order valence-electron chi connectivity index (χ3n) is 2.77. The SMILES string of the molecule is O=[N+]([O-])c1cc(CN2CCCS2(=O)=O)ccc1Cl. The molecule has 2 rings (SSSR count). The molecule has 6 nitrogen and oxygen atoms in total. The predicted molar refractivity (Wildman–Crippen MR) is 66.9 cm³/mol. The average Bonchev–Trinajstić information content (AvgIpc) is 2.60. The third kappa shape index (κ3) is 2.63. The predicted octanol–water partition coefficient (Wildman–Crippen LogP) is 1.78. The molecule has 18 heavy (non-hydrogen) atoms. The van der Waals surface area contributed by atoms with Crippen LogP contribution in [0.4, 0.5) is 5.69 Å². The molecule has 1 aliphatic rings. The summed E-state index contributed by atoms with van der Waals surface area (Å²) >= 11 is 5.69. The van der Waals surface area contributed by atoms with Gasteiger partial charge in [0.15, 0.2) is 0 Å². The summed E-state index contributed by atoms with van der Waals surface area (Å²) in [4.78, 5) is 10.1. The van der Waals surface area contributed by atoms with Crippen LogP contribution in [-0.4, -0.2) is 29.9 Å².